The van der Waals surface area contributed by atoms with Gasteiger partial charge in [-0.25, -0.2) is 4.98 Å². The van der Waals surface area contributed by atoms with E-state index in [4.69, 9.17) is 4.98 Å². The minimum absolute atomic E-state index is 0.0672. The second kappa shape index (κ2) is 11.7. The highest BCUT2D eigenvalue weighted by molar-refractivity contribution is 7.99. The van der Waals surface area contributed by atoms with E-state index in [2.05, 4.69) is 72.3 Å². The van der Waals surface area contributed by atoms with E-state index < -0.39 is 0 Å². The molecular formula is C29H31N3OS. The van der Waals surface area contributed by atoms with Crippen molar-refractivity contribution >= 4 is 17.7 Å². The average Bonchev–Trinajstić information content (AvgIpc) is 3.25. The Kier molecular flexibility index (Phi) is 8.21. The van der Waals surface area contributed by atoms with Gasteiger partial charge in [-0.05, 0) is 25.8 Å². The van der Waals surface area contributed by atoms with Crippen molar-refractivity contribution in [3.05, 3.63) is 96.6 Å². The van der Waals surface area contributed by atoms with Gasteiger partial charge in [-0.1, -0.05) is 103 Å². The van der Waals surface area contributed by atoms with Crippen molar-refractivity contribution in [2.45, 2.75) is 37.9 Å². The summed E-state index contributed by atoms with van der Waals surface area (Å²) >= 11 is 1.76. The quantitative estimate of drug-likeness (QED) is 0.209. The van der Waals surface area contributed by atoms with Crippen LogP contribution in [0.25, 0.3) is 22.5 Å². The summed E-state index contributed by atoms with van der Waals surface area (Å²) in [5, 5.41) is 4.06. The first-order valence-electron chi connectivity index (χ1n) is 11.8. The maximum atomic E-state index is 12.2. The zero-order valence-electron chi connectivity index (χ0n) is 19.8. The minimum Gasteiger partial charge on any atom is -0.356 e. The molecule has 1 N–H and O–H groups in total. The van der Waals surface area contributed by atoms with Gasteiger partial charge in [-0.2, -0.15) is 0 Å². The summed E-state index contributed by atoms with van der Waals surface area (Å²) in [7, 11) is 0. The van der Waals surface area contributed by atoms with Gasteiger partial charge in [-0.3, -0.25) is 4.79 Å². The normalized spacial score (nSPS) is 11.0. The van der Waals surface area contributed by atoms with Crippen molar-refractivity contribution in [2.24, 2.45) is 0 Å². The number of thioether (sulfide) groups is 1. The Balaban J connectivity index is 1.46. The SMILES string of the molecule is CC(C)n1c(SCCCNC(=O)Cc2ccccc2)nc(-c2ccccc2)c1-c1ccccc1. The lowest BCUT2D eigenvalue weighted by molar-refractivity contribution is -0.120. The molecule has 0 spiro atoms. The summed E-state index contributed by atoms with van der Waals surface area (Å²) in [5.74, 6) is 0.954. The van der Waals surface area contributed by atoms with Crippen LogP contribution in [0.15, 0.2) is 96.2 Å². The number of carbonyl (C=O) groups excluding carboxylic acids is 1. The van der Waals surface area contributed by atoms with Gasteiger partial charge < -0.3 is 9.88 Å². The molecule has 0 saturated carbocycles. The van der Waals surface area contributed by atoms with Crippen molar-refractivity contribution in [1.29, 1.82) is 0 Å². The van der Waals surface area contributed by atoms with E-state index in [-0.39, 0.29) is 11.9 Å². The Bertz CT molecular complexity index is 1190. The Morgan fingerprint density at radius 3 is 2.09 bits per heavy atom. The largest absolute Gasteiger partial charge is 0.356 e. The molecule has 0 radical (unpaired) electrons. The van der Waals surface area contributed by atoms with E-state index in [1.165, 1.54) is 5.56 Å². The van der Waals surface area contributed by atoms with Crippen LogP contribution in [0, 0.1) is 0 Å². The van der Waals surface area contributed by atoms with Crippen LogP contribution in [0.5, 0.6) is 0 Å². The third-order valence-corrected chi connectivity index (χ3v) is 6.61. The number of rotatable bonds is 10. The molecule has 1 amide bonds. The van der Waals surface area contributed by atoms with Crippen LogP contribution in [-0.2, 0) is 11.2 Å². The maximum Gasteiger partial charge on any atom is 0.224 e. The van der Waals surface area contributed by atoms with Gasteiger partial charge in [0, 0.05) is 29.5 Å². The molecule has 1 heterocycles. The average molecular weight is 470 g/mol. The number of carbonyl (C=O) groups is 1. The van der Waals surface area contributed by atoms with Crippen molar-refractivity contribution < 1.29 is 4.79 Å². The van der Waals surface area contributed by atoms with Crippen molar-refractivity contribution in [2.75, 3.05) is 12.3 Å². The van der Waals surface area contributed by atoms with Gasteiger partial charge in [0.05, 0.1) is 17.8 Å². The molecule has 0 bridgehead atoms. The van der Waals surface area contributed by atoms with Gasteiger partial charge in [0.15, 0.2) is 5.16 Å². The molecule has 3 aromatic carbocycles. The summed E-state index contributed by atoms with van der Waals surface area (Å²) in [6.45, 7) is 5.08. The highest BCUT2D eigenvalue weighted by Gasteiger charge is 2.21. The molecule has 5 heteroatoms. The highest BCUT2D eigenvalue weighted by Crippen LogP contribution is 2.38. The van der Waals surface area contributed by atoms with Gasteiger partial charge >= 0.3 is 0 Å². The highest BCUT2D eigenvalue weighted by atomic mass is 32.2. The Hall–Kier alpha value is -3.31. The molecule has 34 heavy (non-hydrogen) atoms. The van der Waals surface area contributed by atoms with Crippen molar-refractivity contribution in [1.82, 2.24) is 14.9 Å². The van der Waals surface area contributed by atoms with Crippen LogP contribution in [0.4, 0.5) is 0 Å². The van der Waals surface area contributed by atoms with Crippen LogP contribution in [0.2, 0.25) is 0 Å². The maximum absolute atomic E-state index is 12.2. The number of benzene rings is 3. The summed E-state index contributed by atoms with van der Waals surface area (Å²) in [4.78, 5) is 17.3. The van der Waals surface area contributed by atoms with Gasteiger partial charge in [0.25, 0.3) is 0 Å². The molecule has 0 aliphatic heterocycles. The third kappa shape index (κ3) is 5.97. The molecule has 0 atom stereocenters. The molecule has 4 rings (SSSR count). The Morgan fingerprint density at radius 1 is 0.882 bits per heavy atom. The topological polar surface area (TPSA) is 46.9 Å². The van der Waals surface area contributed by atoms with E-state index >= 15 is 0 Å². The van der Waals surface area contributed by atoms with Gasteiger partial charge in [-0.15, -0.1) is 0 Å². The Morgan fingerprint density at radius 2 is 1.47 bits per heavy atom. The van der Waals surface area contributed by atoms with Gasteiger partial charge in [0.2, 0.25) is 5.91 Å². The number of hydrogen-bond acceptors (Lipinski definition) is 3. The number of nitrogens with one attached hydrogen (secondary N) is 1. The van der Waals surface area contributed by atoms with Crippen LogP contribution in [0.3, 0.4) is 0 Å². The molecule has 1 aromatic heterocycles. The molecule has 0 aliphatic rings. The molecule has 0 unspecified atom stereocenters. The summed E-state index contributed by atoms with van der Waals surface area (Å²) in [5.41, 5.74) is 5.49. The second-order valence-corrected chi connectivity index (χ2v) is 9.56. The van der Waals surface area contributed by atoms with Crippen LogP contribution in [-0.4, -0.2) is 27.8 Å². The number of aromatic nitrogens is 2. The molecule has 0 saturated heterocycles. The van der Waals surface area contributed by atoms with E-state index in [1.54, 1.807) is 11.8 Å². The minimum atomic E-state index is 0.0672. The number of nitrogens with zero attached hydrogens (tertiary/aromatic N) is 2. The molecule has 0 aliphatic carbocycles. The monoisotopic (exact) mass is 469 g/mol. The van der Waals surface area contributed by atoms with E-state index in [0.29, 0.717) is 13.0 Å². The molecule has 4 aromatic rings. The summed E-state index contributed by atoms with van der Waals surface area (Å²) in [6, 6.07) is 31.0. The predicted octanol–water partition coefficient (Wildman–Crippen LogP) is 6.64. The van der Waals surface area contributed by atoms with E-state index in [9.17, 15) is 4.79 Å². The van der Waals surface area contributed by atoms with Crippen LogP contribution >= 0.6 is 11.8 Å². The first-order chi connectivity index (χ1) is 16.6. The third-order valence-electron chi connectivity index (χ3n) is 5.57. The first kappa shape index (κ1) is 23.8. The number of hydrogen-bond donors (Lipinski definition) is 1. The molecule has 0 fully saturated rings. The lowest BCUT2D eigenvalue weighted by Crippen LogP contribution is -2.26. The van der Waals surface area contributed by atoms with Crippen LogP contribution < -0.4 is 5.32 Å². The summed E-state index contributed by atoms with van der Waals surface area (Å²) in [6.07, 6.45) is 1.31. The molecular weight excluding hydrogens is 438 g/mol. The summed E-state index contributed by atoms with van der Waals surface area (Å²) < 4.78 is 2.34. The Labute approximate surface area is 206 Å². The lowest BCUT2D eigenvalue weighted by Gasteiger charge is -2.16. The van der Waals surface area contributed by atoms with Crippen molar-refractivity contribution in [3.63, 3.8) is 0 Å². The fourth-order valence-electron chi connectivity index (χ4n) is 3.97. The van der Waals surface area contributed by atoms with E-state index in [1.807, 2.05) is 42.5 Å². The zero-order valence-corrected chi connectivity index (χ0v) is 20.6. The fourth-order valence-corrected chi connectivity index (χ4v) is 5.04. The number of amides is 1. The smallest absolute Gasteiger partial charge is 0.224 e. The van der Waals surface area contributed by atoms with Gasteiger partial charge in [0.1, 0.15) is 0 Å². The molecule has 174 valence electrons. The first-order valence-corrected chi connectivity index (χ1v) is 12.8. The van der Waals surface area contributed by atoms with Crippen molar-refractivity contribution in [3.8, 4) is 22.5 Å². The second-order valence-electron chi connectivity index (χ2n) is 8.50. The molecule has 4 nitrogen and oxygen atoms in total. The standard InChI is InChI=1S/C29H31N3OS/c1-22(2)32-28(25-17-10-5-11-18-25)27(24-15-8-4-9-16-24)31-29(32)34-20-12-19-30-26(33)21-23-13-6-3-7-14-23/h3-11,13-18,22H,12,19-21H2,1-2H3,(H,30,33). The zero-order chi connectivity index (χ0) is 23.8. The fraction of sp³-hybridized carbons (Fsp3) is 0.241. The lowest BCUT2D eigenvalue weighted by atomic mass is 10.0. The van der Waals surface area contributed by atoms with Crippen LogP contribution in [0.1, 0.15) is 31.9 Å². The predicted molar refractivity (Wildman–Crippen MR) is 142 cm³/mol. The van der Waals surface area contributed by atoms with E-state index in [0.717, 1.165) is 39.8 Å². The number of imidazole rings is 1.